The van der Waals surface area contributed by atoms with Gasteiger partial charge >= 0.3 is 12.1 Å². The Kier molecular flexibility index (Phi) is 4.27. The van der Waals surface area contributed by atoms with Gasteiger partial charge in [0, 0.05) is 13.0 Å². The summed E-state index contributed by atoms with van der Waals surface area (Å²) in [5.41, 5.74) is 0.905. The fraction of sp³-hybridized carbons (Fsp3) is 0.312. The molecule has 2 aromatic rings. The number of fused-ring (bicyclic) bond motifs is 1. The van der Waals surface area contributed by atoms with E-state index in [-0.39, 0.29) is 6.61 Å². The van der Waals surface area contributed by atoms with E-state index < -0.39 is 18.0 Å². The summed E-state index contributed by atoms with van der Waals surface area (Å²) in [6.07, 6.45) is 1.86. The molecule has 7 nitrogen and oxygen atoms in total. The lowest BCUT2D eigenvalue weighted by Gasteiger charge is -2.21. The minimum absolute atomic E-state index is 0.189. The minimum Gasteiger partial charge on any atom is -0.481 e. The molecule has 1 aliphatic heterocycles. The normalized spacial score (nSPS) is 16.4. The number of aromatic nitrogens is 2. The minimum atomic E-state index is -0.809. The van der Waals surface area contributed by atoms with Crippen LogP contribution in [0.25, 0.3) is 0 Å². The molecular formula is C16H17N3O4. The van der Waals surface area contributed by atoms with Crippen LogP contribution in [0.4, 0.5) is 10.6 Å². The number of carboxylic acids is 1. The van der Waals surface area contributed by atoms with E-state index in [1.165, 1.54) is 6.20 Å². The van der Waals surface area contributed by atoms with Crippen LogP contribution >= 0.6 is 0 Å². The van der Waals surface area contributed by atoms with Crippen molar-refractivity contribution in [2.75, 3.05) is 5.32 Å². The SMILES string of the molecule is O=C(Nc1cnc2n1CCC(C(=O)O)C2)OCc1ccccc1. The van der Waals surface area contributed by atoms with Crippen LogP contribution in [0.15, 0.2) is 36.5 Å². The van der Waals surface area contributed by atoms with Crippen LogP contribution in [-0.2, 0) is 29.1 Å². The van der Waals surface area contributed by atoms with E-state index in [1.807, 2.05) is 34.9 Å². The number of anilines is 1. The van der Waals surface area contributed by atoms with E-state index in [0.29, 0.717) is 31.0 Å². The van der Waals surface area contributed by atoms with Crippen LogP contribution in [0.2, 0.25) is 0 Å². The Morgan fingerprint density at radius 2 is 2.13 bits per heavy atom. The first kappa shape index (κ1) is 15.1. The Hall–Kier alpha value is -2.83. The molecule has 2 N–H and O–H groups in total. The Morgan fingerprint density at radius 1 is 1.35 bits per heavy atom. The number of benzene rings is 1. The smallest absolute Gasteiger partial charge is 0.413 e. The second-order valence-electron chi connectivity index (χ2n) is 5.43. The fourth-order valence-electron chi connectivity index (χ4n) is 2.61. The number of hydrogen-bond acceptors (Lipinski definition) is 4. The van der Waals surface area contributed by atoms with Crippen molar-refractivity contribution in [3.05, 3.63) is 47.9 Å². The highest BCUT2D eigenvalue weighted by atomic mass is 16.5. The van der Waals surface area contributed by atoms with Gasteiger partial charge in [-0.25, -0.2) is 9.78 Å². The highest BCUT2D eigenvalue weighted by Crippen LogP contribution is 2.24. The van der Waals surface area contributed by atoms with Gasteiger partial charge in [0.15, 0.2) is 0 Å². The van der Waals surface area contributed by atoms with Crippen LogP contribution in [0, 0.1) is 5.92 Å². The number of carbonyl (C=O) groups is 2. The molecule has 1 unspecified atom stereocenters. The van der Waals surface area contributed by atoms with Gasteiger partial charge in [0.2, 0.25) is 0 Å². The zero-order valence-electron chi connectivity index (χ0n) is 12.4. The maximum Gasteiger partial charge on any atom is 0.413 e. The van der Waals surface area contributed by atoms with Crippen molar-refractivity contribution >= 4 is 17.9 Å². The van der Waals surface area contributed by atoms with Gasteiger partial charge in [-0.15, -0.1) is 0 Å². The van der Waals surface area contributed by atoms with Gasteiger partial charge < -0.3 is 14.4 Å². The summed E-state index contributed by atoms with van der Waals surface area (Å²) < 4.78 is 6.99. The maximum absolute atomic E-state index is 11.9. The first-order valence-corrected chi connectivity index (χ1v) is 7.38. The Labute approximate surface area is 132 Å². The molecule has 0 saturated heterocycles. The molecule has 3 rings (SSSR count). The average Bonchev–Trinajstić information content (AvgIpc) is 2.96. The largest absolute Gasteiger partial charge is 0.481 e. The van der Waals surface area contributed by atoms with Gasteiger partial charge in [-0.05, 0) is 12.0 Å². The van der Waals surface area contributed by atoms with Crippen molar-refractivity contribution in [1.82, 2.24) is 9.55 Å². The summed E-state index contributed by atoms with van der Waals surface area (Å²) >= 11 is 0. The quantitative estimate of drug-likeness (QED) is 0.903. The van der Waals surface area contributed by atoms with Gasteiger partial charge in [-0.3, -0.25) is 10.1 Å². The zero-order valence-corrected chi connectivity index (χ0v) is 12.4. The van der Waals surface area contributed by atoms with Crippen LogP contribution in [0.3, 0.4) is 0 Å². The highest BCUT2D eigenvalue weighted by Gasteiger charge is 2.27. The molecular weight excluding hydrogens is 298 g/mol. The predicted molar refractivity (Wildman–Crippen MR) is 81.9 cm³/mol. The maximum atomic E-state index is 11.9. The van der Waals surface area contributed by atoms with Crippen molar-refractivity contribution in [3.8, 4) is 0 Å². The molecule has 1 atom stereocenters. The van der Waals surface area contributed by atoms with Crippen LogP contribution < -0.4 is 5.32 Å². The van der Waals surface area contributed by atoms with Crippen molar-refractivity contribution in [2.24, 2.45) is 5.92 Å². The number of hydrogen-bond donors (Lipinski definition) is 2. The molecule has 1 aromatic heterocycles. The molecule has 0 spiro atoms. The monoisotopic (exact) mass is 315 g/mol. The van der Waals surface area contributed by atoms with E-state index >= 15 is 0 Å². The van der Waals surface area contributed by atoms with E-state index in [4.69, 9.17) is 9.84 Å². The molecule has 23 heavy (non-hydrogen) atoms. The number of carboxylic acid groups (broad SMARTS) is 1. The molecule has 0 radical (unpaired) electrons. The molecule has 7 heteroatoms. The zero-order chi connectivity index (χ0) is 16.2. The molecule has 2 heterocycles. The van der Waals surface area contributed by atoms with Gasteiger partial charge in [0.1, 0.15) is 18.2 Å². The summed E-state index contributed by atoms with van der Waals surface area (Å²) in [6.45, 7) is 0.704. The number of ether oxygens (including phenoxy) is 1. The Balaban J connectivity index is 1.59. The summed E-state index contributed by atoms with van der Waals surface area (Å²) in [6, 6.07) is 9.40. The van der Waals surface area contributed by atoms with Gasteiger partial charge in [-0.1, -0.05) is 30.3 Å². The molecule has 0 saturated carbocycles. The van der Waals surface area contributed by atoms with Gasteiger partial charge in [0.25, 0.3) is 0 Å². The fourth-order valence-corrected chi connectivity index (χ4v) is 2.61. The van der Waals surface area contributed by atoms with E-state index in [0.717, 1.165) is 5.56 Å². The van der Waals surface area contributed by atoms with Crippen LogP contribution in [0.1, 0.15) is 17.8 Å². The number of aliphatic carboxylic acids is 1. The number of amides is 1. The van der Waals surface area contributed by atoms with E-state index in [9.17, 15) is 9.59 Å². The van der Waals surface area contributed by atoms with Crippen molar-refractivity contribution < 1.29 is 19.4 Å². The standard InChI is InChI=1S/C16H17N3O4/c20-15(21)12-6-7-19-13(8-12)17-9-14(19)18-16(22)23-10-11-4-2-1-3-5-11/h1-5,9,12H,6-8,10H2,(H,18,22)(H,20,21). The molecule has 120 valence electrons. The lowest BCUT2D eigenvalue weighted by Crippen LogP contribution is -2.27. The number of carbonyl (C=O) groups excluding carboxylic acids is 1. The van der Waals surface area contributed by atoms with E-state index in [1.54, 1.807) is 0 Å². The molecule has 1 aromatic carbocycles. The Morgan fingerprint density at radius 3 is 2.87 bits per heavy atom. The number of rotatable bonds is 4. The molecule has 1 aliphatic rings. The first-order chi connectivity index (χ1) is 11.1. The summed E-state index contributed by atoms with van der Waals surface area (Å²) in [7, 11) is 0. The predicted octanol–water partition coefficient (Wildman–Crippen LogP) is 2.28. The van der Waals surface area contributed by atoms with Crippen LogP contribution in [0.5, 0.6) is 0 Å². The molecule has 0 bridgehead atoms. The van der Waals surface area contributed by atoms with Gasteiger partial charge in [-0.2, -0.15) is 0 Å². The highest BCUT2D eigenvalue weighted by molar-refractivity contribution is 5.83. The lowest BCUT2D eigenvalue weighted by molar-refractivity contribution is -0.142. The lowest BCUT2D eigenvalue weighted by atomic mass is 9.98. The third-order valence-corrected chi connectivity index (χ3v) is 3.86. The first-order valence-electron chi connectivity index (χ1n) is 7.38. The summed E-state index contributed by atoms with van der Waals surface area (Å²) in [5.74, 6) is -0.0253. The van der Waals surface area contributed by atoms with Crippen LogP contribution in [-0.4, -0.2) is 26.7 Å². The van der Waals surface area contributed by atoms with Crippen molar-refractivity contribution in [3.63, 3.8) is 0 Å². The average molecular weight is 315 g/mol. The molecule has 1 amide bonds. The number of imidazole rings is 1. The Bertz CT molecular complexity index is 711. The number of nitrogens with zero attached hydrogens (tertiary/aromatic N) is 2. The van der Waals surface area contributed by atoms with Gasteiger partial charge in [0.05, 0.1) is 12.1 Å². The third-order valence-electron chi connectivity index (χ3n) is 3.86. The number of nitrogens with one attached hydrogen (secondary N) is 1. The third kappa shape index (κ3) is 3.50. The second-order valence-corrected chi connectivity index (χ2v) is 5.43. The topological polar surface area (TPSA) is 93.5 Å². The van der Waals surface area contributed by atoms with Crippen molar-refractivity contribution in [2.45, 2.75) is 26.0 Å². The second kappa shape index (κ2) is 6.51. The van der Waals surface area contributed by atoms with Crippen molar-refractivity contribution in [1.29, 1.82) is 0 Å². The molecule has 0 aliphatic carbocycles. The molecule has 0 fully saturated rings. The summed E-state index contributed by atoms with van der Waals surface area (Å²) in [4.78, 5) is 27.1. The summed E-state index contributed by atoms with van der Waals surface area (Å²) in [5, 5.41) is 11.7. The van der Waals surface area contributed by atoms with E-state index in [2.05, 4.69) is 10.3 Å².